The Morgan fingerprint density at radius 1 is 1.20 bits per heavy atom. The number of hydrogen-bond donors (Lipinski definition) is 1. The maximum atomic E-state index is 13.9. The van der Waals surface area contributed by atoms with Gasteiger partial charge in [0, 0.05) is 41.3 Å². The Labute approximate surface area is 168 Å². The van der Waals surface area contributed by atoms with E-state index < -0.39 is 33.9 Å². The van der Waals surface area contributed by atoms with Crippen LogP contribution in [0.5, 0.6) is 0 Å². The second-order valence-corrected chi connectivity index (χ2v) is 6.54. The number of halogens is 3. The zero-order valence-electron chi connectivity index (χ0n) is 15.7. The van der Waals surface area contributed by atoms with E-state index >= 15 is 0 Å². The Kier molecular flexibility index (Phi) is 5.53. The lowest BCUT2D eigenvalue weighted by Crippen LogP contribution is -2.50. The highest BCUT2D eigenvalue weighted by Gasteiger charge is 2.63. The Morgan fingerprint density at radius 3 is 2.43 bits per heavy atom. The molecule has 0 aliphatic rings. The molecule has 1 heterocycles. The van der Waals surface area contributed by atoms with Crippen LogP contribution in [0.2, 0.25) is 0 Å². The standard InChI is InChI=1S/C20H17F3N2O5/c1-2-30-18(26)19(27,20(21,22)23)16-12-24(11-13-6-4-3-5-7-13)17-9-8-14(25(28)29)10-15(16)17/h3-10,12,27H,2,11H2,1H3. The van der Waals surface area contributed by atoms with Crippen LogP contribution in [0.1, 0.15) is 18.1 Å². The lowest BCUT2D eigenvalue weighted by atomic mass is 9.92. The van der Waals surface area contributed by atoms with Gasteiger partial charge in [-0.25, -0.2) is 4.79 Å². The number of non-ortho nitro benzene ring substituents is 1. The number of benzene rings is 2. The van der Waals surface area contributed by atoms with Gasteiger partial charge >= 0.3 is 12.1 Å². The van der Waals surface area contributed by atoms with E-state index in [1.54, 1.807) is 30.3 Å². The summed E-state index contributed by atoms with van der Waals surface area (Å²) in [5.74, 6) is -1.90. The summed E-state index contributed by atoms with van der Waals surface area (Å²) in [5, 5.41) is 21.4. The molecule has 0 saturated heterocycles. The maximum absolute atomic E-state index is 13.9. The molecule has 7 nitrogen and oxygen atoms in total. The number of nitro benzene ring substituents is 1. The van der Waals surface area contributed by atoms with Crippen LogP contribution in [0.3, 0.4) is 0 Å². The Balaban J connectivity index is 2.29. The molecule has 1 atom stereocenters. The van der Waals surface area contributed by atoms with Crippen molar-refractivity contribution in [3.63, 3.8) is 0 Å². The van der Waals surface area contributed by atoms with Crippen molar-refractivity contribution in [3.8, 4) is 0 Å². The number of aliphatic hydroxyl groups is 1. The molecule has 0 spiro atoms. The second kappa shape index (κ2) is 7.79. The van der Waals surface area contributed by atoms with Gasteiger partial charge in [0.05, 0.1) is 11.5 Å². The van der Waals surface area contributed by atoms with E-state index in [9.17, 15) is 33.2 Å². The van der Waals surface area contributed by atoms with Crippen molar-refractivity contribution >= 4 is 22.6 Å². The number of ether oxygens (including phenoxy) is 1. The van der Waals surface area contributed by atoms with E-state index in [4.69, 9.17) is 0 Å². The molecule has 3 aromatic rings. The largest absolute Gasteiger partial charge is 0.463 e. The first-order valence-electron chi connectivity index (χ1n) is 8.87. The average Bonchev–Trinajstić information content (AvgIpc) is 3.05. The Morgan fingerprint density at radius 2 is 1.87 bits per heavy atom. The molecular weight excluding hydrogens is 405 g/mol. The van der Waals surface area contributed by atoms with Crippen molar-refractivity contribution in [1.29, 1.82) is 0 Å². The summed E-state index contributed by atoms with van der Waals surface area (Å²) in [6.45, 7) is 1.03. The molecule has 0 aliphatic heterocycles. The quantitative estimate of drug-likeness (QED) is 0.369. The highest BCUT2D eigenvalue weighted by atomic mass is 19.4. The van der Waals surface area contributed by atoms with Crippen molar-refractivity contribution in [1.82, 2.24) is 4.57 Å². The fourth-order valence-corrected chi connectivity index (χ4v) is 3.21. The monoisotopic (exact) mass is 422 g/mol. The van der Waals surface area contributed by atoms with Gasteiger partial charge in [-0.2, -0.15) is 13.2 Å². The summed E-state index contributed by atoms with van der Waals surface area (Å²) in [4.78, 5) is 22.6. The van der Waals surface area contributed by atoms with Gasteiger partial charge < -0.3 is 14.4 Å². The van der Waals surface area contributed by atoms with Gasteiger partial charge in [-0.3, -0.25) is 10.1 Å². The van der Waals surface area contributed by atoms with Crippen LogP contribution < -0.4 is 0 Å². The zero-order valence-corrected chi connectivity index (χ0v) is 15.7. The highest BCUT2D eigenvalue weighted by molar-refractivity contribution is 5.93. The van der Waals surface area contributed by atoms with E-state index in [2.05, 4.69) is 4.74 Å². The molecule has 0 saturated carbocycles. The first-order valence-corrected chi connectivity index (χ1v) is 8.87. The van der Waals surface area contributed by atoms with Crippen LogP contribution in [-0.4, -0.2) is 33.3 Å². The minimum atomic E-state index is -5.42. The molecule has 2 aromatic carbocycles. The number of fused-ring (bicyclic) bond motifs is 1. The smallest absolute Gasteiger partial charge is 0.432 e. The number of hydrogen-bond acceptors (Lipinski definition) is 5. The van der Waals surface area contributed by atoms with Crippen LogP contribution in [0.25, 0.3) is 10.9 Å². The average molecular weight is 422 g/mol. The fourth-order valence-electron chi connectivity index (χ4n) is 3.21. The number of carbonyl (C=O) groups is 1. The zero-order chi connectivity index (χ0) is 22.1. The third-order valence-corrected chi connectivity index (χ3v) is 4.64. The number of esters is 1. The number of alkyl halides is 3. The molecule has 3 rings (SSSR count). The molecule has 0 amide bonds. The minimum Gasteiger partial charge on any atom is -0.463 e. The molecule has 158 valence electrons. The van der Waals surface area contributed by atoms with Crippen molar-refractivity contribution in [3.05, 3.63) is 76.0 Å². The molecule has 0 radical (unpaired) electrons. The third-order valence-electron chi connectivity index (χ3n) is 4.64. The van der Waals surface area contributed by atoms with E-state index in [1.165, 1.54) is 17.6 Å². The number of aromatic nitrogens is 1. The van der Waals surface area contributed by atoms with Gasteiger partial charge in [0.2, 0.25) is 0 Å². The normalized spacial score (nSPS) is 13.8. The lowest BCUT2D eigenvalue weighted by molar-refractivity contribution is -0.384. The maximum Gasteiger partial charge on any atom is 0.432 e. The van der Waals surface area contributed by atoms with Crippen LogP contribution in [0, 0.1) is 10.1 Å². The van der Waals surface area contributed by atoms with Crippen LogP contribution in [0.15, 0.2) is 54.7 Å². The van der Waals surface area contributed by atoms with Crippen LogP contribution in [0.4, 0.5) is 18.9 Å². The molecule has 0 fully saturated rings. The first kappa shape index (κ1) is 21.3. The summed E-state index contributed by atoms with van der Waals surface area (Å²) in [6.07, 6.45) is -4.44. The molecule has 1 aromatic heterocycles. The minimum absolute atomic E-state index is 0.117. The van der Waals surface area contributed by atoms with Crippen molar-refractivity contribution in [2.75, 3.05) is 6.61 Å². The predicted molar refractivity (Wildman–Crippen MR) is 101 cm³/mol. The van der Waals surface area contributed by atoms with Gasteiger partial charge in [0.1, 0.15) is 0 Å². The molecule has 10 heteroatoms. The topological polar surface area (TPSA) is 94.6 Å². The van der Waals surface area contributed by atoms with E-state index in [0.717, 1.165) is 23.9 Å². The Hall–Kier alpha value is -3.40. The van der Waals surface area contributed by atoms with Crippen LogP contribution in [-0.2, 0) is 21.7 Å². The molecule has 30 heavy (non-hydrogen) atoms. The SMILES string of the molecule is CCOC(=O)C(O)(c1cn(Cc2ccccc2)c2ccc([N+](=O)[O-])cc12)C(F)(F)F. The van der Waals surface area contributed by atoms with Crippen molar-refractivity contribution < 1.29 is 32.7 Å². The van der Waals surface area contributed by atoms with Gasteiger partial charge in [-0.15, -0.1) is 0 Å². The van der Waals surface area contributed by atoms with E-state index in [1.807, 2.05) is 0 Å². The van der Waals surface area contributed by atoms with Gasteiger partial charge in [0.25, 0.3) is 11.3 Å². The fraction of sp³-hybridized carbons (Fsp3) is 0.250. The summed E-state index contributed by atoms with van der Waals surface area (Å²) < 4.78 is 47.6. The Bertz CT molecular complexity index is 1100. The molecule has 0 aliphatic carbocycles. The number of rotatable bonds is 6. The molecule has 1 unspecified atom stereocenters. The highest BCUT2D eigenvalue weighted by Crippen LogP contribution is 2.44. The van der Waals surface area contributed by atoms with E-state index in [0.29, 0.717) is 0 Å². The van der Waals surface area contributed by atoms with E-state index in [-0.39, 0.29) is 24.1 Å². The van der Waals surface area contributed by atoms with Crippen LogP contribution >= 0.6 is 0 Å². The third kappa shape index (κ3) is 3.61. The summed E-state index contributed by atoms with van der Waals surface area (Å²) >= 11 is 0. The number of nitrogens with zero attached hydrogens (tertiary/aromatic N) is 2. The molecule has 1 N–H and O–H groups in total. The summed E-state index contributed by atoms with van der Waals surface area (Å²) in [5.41, 5.74) is -4.37. The summed E-state index contributed by atoms with van der Waals surface area (Å²) in [7, 11) is 0. The van der Waals surface area contributed by atoms with Crippen molar-refractivity contribution in [2.45, 2.75) is 25.2 Å². The molecule has 0 bridgehead atoms. The number of nitro groups is 1. The number of carbonyl (C=O) groups excluding carboxylic acids is 1. The predicted octanol–water partition coefficient (Wildman–Crippen LogP) is 3.91. The molecular formula is C20H17F3N2O5. The lowest BCUT2D eigenvalue weighted by Gasteiger charge is -2.27. The van der Waals surface area contributed by atoms with Gasteiger partial charge in [-0.1, -0.05) is 30.3 Å². The first-order chi connectivity index (χ1) is 14.1. The second-order valence-electron chi connectivity index (χ2n) is 6.54. The van der Waals surface area contributed by atoms with Crippen molar-refractivity contribution in [2.24, 2.45) is 0 Å². The van der Waals surface area contributed by atoms with Gasteiger partial charge in [0.15, 0.2) is 0 Å². The van der Waals surface area contributed by atoms with Gasteiger partial charge in [-0.05, 0) is 18.6 Å². The summed E-state index contributed by atoms with van der Waals surface area (Å²) in [6, 6.07) is 12.1.